The fourth-order valence-corrected chi connectivity index (χ4v) is 1.24. The number of aryl methyl sites for hydroxylation is 1. The summed E-state index contributed by atoms with van der Waals surface area (Å²) in [5.41, 5.74) is 1.27. The van der Waals surface area contributed by atoms with Crippen LogP contribution in [-0.4, -0.2) is 25.7 Å². The lowest BCUT2D eigenvalue weighted by molar-refractivity contribution is -0.138. The monoisotopic (exact) mass is 276 g/mol. The Hall–Kier alpha value is -2.36. The molecule has 0 unspecified atom stereocenters. The first-order chi connectivity index (χ1) is 9.63. The Kier molecular flexibility index (Phi) is 10.3. The van der Waals surface area contributed by atoms with E-state index in [-0.39, 0.29) is 5.97 Å². The predicted octanol–water partition coefficient (Wildman–Crippen LogP) is 2.69. The third-order valence-corrected chi connectivity index (χ3v) is 2.23. The van der Waals surface area contributed by atoms with Crippen LogP contribution in [0.25, 0.3) is 0 Å². The van der Waals surface area contributed by atoms with E-state index in [1.54, 1.807) is 0 Å². The molecule has 1 aromatic rings. The van der Waals surface area contributed by atoms with Gasteiger partial charge in [-0.1, -0.05) is 43.5 Å². The summed E-state index contributed by atoms with van der Waals surface area (Å²) in [6, 6.07) is 10.1. The zero-order chi connectivity index (χ0) is 15.2. The molecule has 1 aromatic carbocycles. The second-order valence-electron chi connectivity index (χ2n) is 3.69. The zero-order valence-corrected chi connectivity index (χ0v) is 11.7. The summed E-state index contributed by atoms with van der Waals surface area (Å²) in [6.45, 7) is 6.94. The van der Waals surface area contributed by atoms with Gasteiger partial charge in [-0.05, 0) is 18.4 Å². The van der Waals surface area contributed by atoms with Gasteiger partial charge in [-0.15, -0.1) is 0 Å². The van der Waals surface area contributed by atoms with Gasteiger partial charge in [-0.3, -0.25) is 0 Å². The van der Waals surface area contributed by atoms with Crippen molar-refractivity contribution in [2.24, 2.45) is 0 Å². The lowest BCUT2D eigenvalue weighted by Crippen LogP contribution is -2.02. The third-order valence-electron chi connectivity index (χ3n) is 2.23. The Labute approximate surface area is 119 Å². The van der Waals surface area contributed by atoms with Gasteiger partial charge in [0.25, 0.3) is 0 Å². The minimum absolute atomic E-state index is 0.349. The number of benzene rings is 1. The molecule has 20 heavy (non-hydrogen) atoms. The van der Waals surface area contributed by atoms with Gasteiger partial charge in [0.2, 0.25) is 0 Å². The molecule has 0 bridgehead atoms. The van der Waals surface area contributed by atoms with E-state index < -0.39 is 5.97 Å². The highest BCUT2D eigenvalue weighted by Gasteiger charge is 1.95. The van der Waals surface area contributed by atoms with Crippen molar-refractivity contribution in [3.63, 3.8) is 0 Å². The fraction of sp³-hybridized carbons (Fsp3) is 0.250. The second kappa shape index (κ2) is 11.7. The minimum atomic E-state index is -0.394. The van der Waals surface area contributed by atoms with E-state index in [1.807, 2.05) is 18.2 Å². The van der Waals surface area contributed by atoms with E-state index in [0.717, 1.165) is 18.9 Å². The maximum atomic E-state index is 10.7. The Bertz CT molecular complexity index is 423. The van der Waals surface area contributed by atoms with Crippen LogP contribution in [0.2, 0.25) is 0 Å². The van der Waals surface area contributed by atoms with Crippen LogP contribution in [0.5, 0.6) is 0 Å². The van der Waals surface area contributed by atoms with Crippen LogP contribution in [0.3, 0.4) is 0 Å². The standard InChI is InChI=1S/C12H14O2.C4H6O2/c1-2-12(13)14-10-6-9-11-7-4-3-5-8-11;1-3-4(5)6-2/h2-5,7-8H,1,6,9-10H2;3H,1H2,2H3. The first-order valence-corrected chi connectivity index (χ1v) is 6.17. The maximum absolute atomic E-state index is 10.7. The lowest BCUT2D eigenvalue weighted by atomic mass is 10.1. The number of rotatable bonds is 6. The normalized spacial score (nSPS) is 8.65. The van der Waals surface area contributed by atoms with Gasteiger partial charge in [0.15, 0.2) is 0 Å². The van der Waals surface area contributed by atoms with Gasteiger partial charge in [0.05, 0.1) is 13.7 Å². The number of methoxy groups -OCH3 is 1. The highest BCUT2D eigenvalue weighted by molar-refractivity contribution is 5.81. The van der Waals surface area contributed by atoms with Crippen molar-refractivity contribution in [1.29, 1.82) is 0 Å². The molecular formula is C16H20O4. The first-order valence-electron chi connectivity index (χ1n) is 6.17. The van der Waals surface area contributed by atoms with Crippen LogP contribution in [0.15, 0.2) is 55.6 Å². The van der Waals surface area contributed by atoms with Crippen molar-refractivity contribution in [2.75, 3.05) is 13.7 Å². The number of hydrogen-bond acceptors (Lipinski definition) is 4. The lowest BCUT2D eigenvalue weighted by Gasteiger charge is -2.01. The van der Waals surface area contributed by atoms with Gasteiger partial charge in [-0.2, -0.15) is 0 Å². The molecular weight excluding hydrogens is 256 g/mol. The van der Waals surface area contributed by atoms with Gasteiger partial charge in [-0.25, -0.2) is 9.59 Å². The molecule has 4 nitrogen and oxygen atoms in total. The van der Waals surface area contributed by atoms with Crippen molar-refractivity contribution < 1.29 is 19.1 Å². The van der Waals surface area contributed by atoms with Gasteiger partial charge < -0.3 is 9.47 Å². The smallest absolute Gasteiger partial charge is 0.330 e. The first kappa shape index (κ1) is 17.6. The molecule has 108 valence electrons. The molecule has 0 N–H and O–H groups in total. The fourth-order valence-electron chi connectivity index (χ4n) is 1.24. The molecule has 0 amide bonds. The van der Waals surface area contributed by atoms with Crippen molar-refractivity contribution in [2.45, 2.75) is 12.8 Å². The van der Waals surface area contributed by atoms with Crippen LogP contribution in [0.4, 0.5) is 0 Å². The van der Waals surface area contributed by atoms with Gasteiger partial charge in [0.1, 0.15) is 0 Å². The topological polar surface area (TPSA) is 52.6 Å². The minimum Gasteiger partial charge on any atom is -0.466 e. The van der Waals surface area contributed by atoms with Crippen LogP contribution in [-0.2, 0) is 25.5 Å². The molecule has 0 aliphatic rings. The van der Waals surface area contributed by atoms with E-state index in [2.05, 4.69) is 30.0 Å². The summed E-state index contributed by atoms with van der Waals surface area (Å²) in [5.74, 6) is -0.743. The summed E-state index contributed by atoms with van der Waals surface area (Å²) in [7, 11) is 1.31. The SMILES string of the molecule is C=CC(=O)OC.C=CC(=O)OCCCc1ccccc1. The molecule has 0 saturated carbocycles. The summed E-state index contributed by atoms with van der Waals surface area (Å²) < 4.78 is 9.00. The molecule has 1 rings (SSSR count). The van der Waals surface area contributed by atoms with Crippen molar-refractivity contribution in [3.8, 4) is 0 Å². The molecule has 0 saturated heterocycles. The average molecular weight is 276 g/mol. The number of esters is 2. The van der Waals surface area contributed by atoms with E-state index in [1.165, 1.54) is 18.7 Å². The van der Waals surface area contributed by atoms with Gasteiger partial charge >= 0.3 is 11.9 Å². The second-order valence-corrected chi connectivity index (χ2v) is 3.69. The number of hydrogen-bond donors (Lipinski definition) is 0. The summed E-state index contributed by atoms with van der Waals surface area (Å²) in [6.07, 6.45) is 4.08. The highest BCUT2D eigenvalue weighted by Crippen LogP contribution is 2.02. The molecule has 0 spiro atoms. The number of carbonyl (C=O) groups is 2. The predicted molar refractivity (Wildman–Crippen MR) is 78.1 cm³/mol. The van der Waals surface area contributed by atoms with Crippen LogP contribution in [0, 0.1) is 0 Å². The Morgan fingerprint density at radius 1 is 1.10 bits per heavy atom. The third kappa shape index (κ3) is 9.65. The van der Waals surface area contributed by atoms with Crippen molar-refractivity contribution in [1.82, 2.24) is 0 Å². The molecule has 0 aliphatic carbocycles. The Balaban J connectivity index is 0.000000511. The van der Waals surface area contributed by atoms with E-state index in [9.17, 15) is 9.59 Å². The van der Waals surface area contributed by atoms with Crippen molar-refractivity contribution >= 4 is 11.9 Å². The van der Waals surface area contributed by atoms with Crippen molar-refractivity contribution in [3.05, 3.63) is 61.2 Å². The van der Waals surface area contributed by atoms with Crippen LogP contribution in [0.1, 0.15) is 12.0 Å². The molecule has 0 aliphatic heterocycles. The van der Waals surface area contributed by atoms with E-state index in [4.69, 9.17) is 4.74 Å². The maximum Gasteiger partial charge on any atom is 0.330 e. The largest absolute Gasteiger partial charge is 0.466 e. The summed E-state index contributed by atoms with van der Waals surface area (Å²) in [4.78, 5) is 20.5. The quantitative estimate of drug-likeness (QED) is 0.455. The van der Waals surface area contributed by atoms with E-state index in [0.29, 0.717) is 6.61 Å². The Morgan fingerprint density at radius 2 is 1.70 bits per heavy atom. The summed E-state index contributed by atoms with van der Waals surface area (Å²) >= 11 is 0. The zero-order valence-electron chi connectivity index (χ0n) is 11.7. The molecule has 0 atom stereocenters. The average Bonchev–Trinajstić information content (AvgIpc) is 2.52. The molecule has 4 heteroatoms. The van der Waals surface area contributed by atoms with E-state index >= 15 is 0 Å². The van der Waals surface area contributed by atoms with Crippen LogP contribution >= 0.6 is 0 Å². The molecule has 0 aromatic heterocycles. The summed E-state index contributed by atoms with van der Waals surface area (Å²) in [5, 5.41) is 0. The van der Waals surface area contributed by atoms with Gasteiger partial charge in [0, 0.05) is 12.2 Å². The van der Waals surface area contributed by atoms with Crippen LogP contribution < -0.4 is 0 Å². The molecule has 0 radical (unpaired) electrons. The molecule has 0 heterocycles. The highest BCUT2D eigenvalue weighted by atomic mass is 16.5. The number of ether oxygens (including phenoxy) is 2. The Morgan fingerprint density at radius 3 is 2.15 bits per heavy atom. The number of carbonyl (C=O) groups excluding carboxylic acids is 2. The molecule has 0 fully saturated rings.